The van der Waals surface area contributed by atoms with Crippen LogP contribution in [0.2, 0.25) is 0 Å². The Balaban J connectivity index is 2.25. The van der Waals surface area contributed by atoms with Crippen LogP contribution in [0.3, 0.4) is 0 Å². The van der Waals surface area contributed by atoms with Crippen LogP contribution in [0.1, 0.15) is 38.2 Å². The molecule has 1 N–H and O–H groups in total. The fourth-order valence-corrected chi connectivity index (χ4v) is 3.28. The number of aliphatic hydroxyl groups is 1. The molecular formula is C14H20BrNO. The third-order valence-electron chi connectivity index (χ3n) is 3.60. The minimum absolute atomic E-state index is 0.107. The molecule has 1 atom stereocenters. The third kappa shape index (κ3) is 2.83. The van der Waals surface area contributed by atoms with Crippen molar-refractivity contribution < 1.29 is 5.11 Å². The summed E-state index contributed by atoms with van der Waals surface area (Å²) in [5, 5.41) is 9.13. The number of benzene rings is 1. The molecule has 1 aromatic carbocycles. The number of halogens is 1. The van der Waals surface area contributed by atoms with E-state index in [1.165, 1.54) is 31.4 Å². The molecule has 1 aliphatic heterocycles. The van der Waals surface area contributed by atoms with Gasteiger partial charge in [-0.05, 0) is 59.3 Å². The minimum atomic E-state index is 0.107. The van der Waals surface area contributed by atoms with Crippen LogP contribution >= 0.6 is 15.9 Å². The van der Waals surface area contributed by atoms with Gasteiger partial charge in [0.25, 0.3) is 0 Å². The molecule has 1 saturated heterocycles. The number of piperidine rings is 1. The van der Waals surface area contributed by atoms with Crippen LogP contribution in [-0.2, 0) is 6.61 Å². The van der Waals surface area contributed by atoms with Gasteiger partial charge < -0.3 is 10.0 Å². The number of nitrogens with zero attached hydrogens (tertiary/aromatic N) is 1. The Kier molecular flexibility index (Phi) is 4.46. The van der Waals surface area contributed by atoms with Crippen molar-refractivity contribution in [1.29, 1.82) is 0 Å². The average Bonchev–Trinajstić information content (AvgIpc) is 2.38. The van der Waals surface area contributed by atoms with E-state index in [4.69, 9.17) is 5.11 Å². The highest BCUT2D eigenvalue weighted by atomic mass is 79.9. The van der Waals surface area contributed by atoms with Gasteiger partial charge in [0.1, 0.15) is 0 Å². The van der Waals surface area contributed by atoms with E-state index in [9.17, 15) is 0 Å². The van der Waals surface area contributed by atoms with Gasteiger partial charge >= 0.3 is 0 Å². The average molecular weight is 298 g/mol. The normalized spacial score (nSPS) is 20.6. The van der Waals surface area contributed by atoms with Crippen LogP contribution in [0.4, 0.5) is 5.69 Å². The third-order valence-corrected chi connectivity index (χ3v) is 4.24. The van der Waals surface area contributed by atoms with Gasteiger partial charge in [-0.1, -0.05) is 13.0 Å². The Morgan fingerprint density at radius 2 is 2.24 bits per heavy atom. The Hall–Kier alpha value is -0.540. The van der Waals surface area contributed by atoms with Crippen molar-refractivity contribution in [1.82, 2.24) is 0 Å². The number of anilines is 1. The molecule has 94 valence electrons. The van der Waals surface area contributed by atoms with Crippen LogP contribution in [0, 0.1) is 0 Å². The molecule has 1 heterocycles. The van der Waals surface area contributed by atoms with E-state index in [1.807, 2.05) is 12.1 Å². The molecule has 1 unspecified atom stereocenters. The zero-order valence-electron chi connectivity index (χ0n) is 10.3. The zero-order valence-corrected chi connectivity index (χ0v) is 11.9. The summed E-state index contributed by atoms with van der Waals surface area (Å²) in [5.74, 6) is 0. The number of hydrogen-bond donors (Lipinski definition) is 1. The van der Waals surface area contributed by atoms with E-state index >= 15 is 0 Å². The van der Waals surface area contributed by atoms with Crippen molar-refractivity contribution >= 4 is 21.6 Å². The van der Waals surface area contributed by atoms with Crippen LogP contribution < -0.4 is 4.90 Å². The largest absolute Gasteiger partial charge is 0.392 e. The second-order valence-corrected chi connectivity index (χ2v) is 5.55. The Labute approximate surface area is 112 Å². The second kappa shape index (κ2) is 5.87. The lowest BCUT2D eigenvalue weighted by Crippen LogP contribution is -2.39. The molecule has 0 spiro atoms. The highest BCUT2D eigenvalue weighted by Crippen LogP contribution is 2.33. The van der Waals surface area contributed by atoms with Gasteiger partial charge in [-0.3, -0.25) is 0 Å². The molecule has 3 heteroatoms. The summed E-state index contributed by atoms with van der Waals surface area (Å²) in [7, 11) is 0. The molecule has 2 rings (SSSR count). The molecule has 0 bridgehead atoms. The van der Waals surface area contributed by atoms with Gasteiger partial charge in [0, 0.05) is 17.1 Å². The maximum Gasteiger partial charge on any atom is 0.0682 e. The topological polar surface area (TPSA) is 23.5 Å². The van der Waals surface area contributed by atoms with E-state index in [0.29, 0.717) is 6.04 Å². The smallest absolute Gasteiger partial charge is 0.0682 e. The van der Waals surface area contributed by atoms with Crippen molar-refractivity contribution in [3.63, 3.8) is 0 Å². The monoisotopic (exact) mass is 297 g/mol. The lowest BCUT2D eigenvalue weighted by molar-refractivity contribution is 0.282. The first kappa shape index (κ1) is 12.9. The van der Waals surface area contributed by atoms with Crippen LogP contribution in [0.25, 0.3) is 0 Å². The standard InChI is InChI=1S/C14H20BrNO/c1-2-12-5-3-4-8-16(12)14-7-6-11(10-17)9-13(14)15/h6-7,9,12,17H,2-5,8,10H2,1H3. The van der Waals surface area contributed by atoms with E-state index in [1.54, 1.807) is 0 Å². The molecule has 0 amide bonds. The predicted molar refractivity (Wildman–Crippen MR) is 75.3 cm³/mol. The molecule has 0 saturated carbocycles. The lowest BCUT2D eigenvalue weighted by atomic mass is 9.99. The lowest BCUT2D eigenvalue weighted by Gasteiger charge is -2.37. The van der Waals surface area contributed by atoms with Gasteiger partial charge in [0.15, 0.2) is 0 Å². The Bertz CT molecular complexity index is 380. The molecule has 0 radical (unpaired) electrons. The van der Waals surface area contributed by atoms with Crippen molar-refractivity contribution in [3.05, 3.63) is 28.2 Å². The minimum Gasteiger partial charge on any atom is -0.392 e. The second-order valence-electron chi connectivity index (χ2n) is 4.70. The van der Waals surface area contributed by atoms with Gasteiger partial charge in [0.05, 0.1) is 12.3 Å². The SMILES string of the molecule is CCC1CCCCN1c1ccc(CO)cc1Br. The summed E-state index contributed by atoms with van der Waals surface area (Å²) < 4.78 is 1.10. The Morgan fingerprint density at radius 1 is 1.41 bits per heavy atom. The summed E-state index contributed by atoms with van der Waals surface area (Å²) in [6.07, 6.45) is 5.13. The van der Waals surface area contributed by atoms with Gasteiger partial charge in [0.2, 0.25) is 0 Å². The van der Waals surface area contributed by atoms with E-state index < -0.39 is 0 Å². The first-order chi connectivity index (χ1) is 8.26. The number of rotatable bonds is 3. The van der Waals surface area contributed by atoms with Crippen LogP contribution in [0.5, 0.6) is 0 Å². The molecule has 0 aromatic heterocycles. The maximum absolute atomic E-state index is 9.13. The van der Waals surface area contributed by atoms with E-state index in [0.717, 1.165) is 16.6 Å². The highest BCUT2D eigenvalue weighted by Gasteiger charge is 2.22. The first-order valence-corrected chi connectivity index (χ1v) is 7.21. The molecule has 1 aromatic rings. The molecule has 1 fully saturated rings. The van der Waals surface area contributed by atoms with Crippen molar-refractivity contribution in [2.45, 2.75) is 45.3 Å². The van der Waals surface area contributed by atoms with Gasteiger partial charge in [-0.15, -0.1) is 0 Å². The van der Waals surface area contributed by atoms with E-state index in [-0.39, 0.29) is 6.61 Å². The summed E-state index contributed by atoms with van der Waals surface area (Å²) in [5.41, 5.74) is 2.24. The molecule has 1 aliphatic rings. The molecular weight excluding hydrogens is 278 g/mol. The van der Waals surface area contributed by atoms with E-state index in [2.05, 4.69) is 33.8 Å². The summed E-state index contributed by atoms with van der Waals surface area (Å²) in [6, 6.07) is 6.84. The van der Waals surface area contributed by atoms with Crippen molar-refractivity contribution in [3.8, 4) is 0 Å². The summed E-state index contributed by atoms with van der Waals surface area (Å²) >= 11 is 3.63. The predicted octanol–water partition coefficient (Wildman–Crippen LogP) is 3.71. The van der Waals surface area contributed by atoms with Crippen LogP contribution in [0.15, 0.2) is 22.7 Å². The summed E-state index contributed by atoms with van der Waals surface area (Å²) in [6.45, 7) is 3.52. The van der Waals surface area contributed by atoms with Crippen molar-refractivity contribution in [2.75, 3.05) is 11.4 Å². The first-order valence-electron chi connectivity index (χ1n) is 6.42. The van der Waals surface area contributed by atoms with Gasteiger partial charge in [-0.25, -0.2) is 0 Å². The summed E-state index contributed by atoms with van der Waals surface area (Å²) in [4.78, 5) is 2.51. The maximum atomic E-state index is 9.13. The Morgan fingerprint density at radius 3 is 2.88 bits per heavy atom. The molecule has 17 heavy (non-hydrogen) atoms. The number of aliphatic hydroxyl groups excluding tert-OH is 1. The van der Waals surface area contributed by atoms with Gasteiger partial charge in [-0.2, -0.15) is 0 Å². The number of hydrogen-bond acceptors (Lipinski definition) is 2. The molecule has 2 nitrogen and oxygen atoms in total. The van der Waals surface area contributed by atoms with Crippen molar-refractivity contribution in [2.24, 2.45) is 0 Å². The zero-order chi connectivity index (χ0) is 12.3. The highest BCUT2D eigenvalue weighted by molar-refractivity contribution is 9.10. The van der Waals surface area contributed by atoms with Crippen LogP contribution in [-0.4, -0.2) is 17.7 Å². The fourth-order valence-electron chi connectivity index (χ4n) is 2.62. The molecule has 0 aliphatic carbocycles. The quantitative estimate of drug-likeness (QED) is 0.919. The fraction of sp³-hybridized carbons (Fsp3) is 0.571.